The highest BCUT2D eigenvalue weighted by molar-refractivity contribution is 5.74. The molecule has 0 aliphatic heterocycles. The van der Waals surface area contributed by atoms with Crippen molar-refractivity contribution >= 4 is 5.97 Å². The van der Waals surface area contributed by atoms with Gasteiger partial charge in [0.1, 0.15) is 0 Å². The third-order valence-electron chi connectivity index (χ3n) is 1.43. The number of aromatic hydroxyl groups is 4. The second-order valence-electron chi connectivity index (χ2n) is 2.53. The van der Waals surface area contributed by atoms with E-state index in [0.717, 1.165) is 13.0 Å². The van der Waals surface area contributed by atoms with Crippen molar-refractivity contribution in [1.29, 1.82) is 0 Å². The summed E-state index contributed by atoms with van der Waals surface area (Å²) < 4.78 is 4.38. The lowest BCUT2D eigenvalue weighted by Crippen LogP contribution is -2.01. The molecule has 0 aromatic heterocycles. The molecule has 0 unspecified atom stereocenters. The van der Waals surface area contributed by atoms with Gasteiger partial charge in [-0.1, -0.05) is 0 Å². The summed E-state index contributed by atoms with van der Waals surface area (Å²) in [5, 5.41) is 36.3. The Bertz CT molecular complexity index is 358. The Morgan fingerprint density at radius 3 is 1.93 bits per heavy atom. The first-order chi connectivity index (χ1) is 6.43. The Morgan fingerprint density at radius 1 is 1.14 bits per heavy atom. The quantitative estimate of drug-likeness (QED) is 0.227. The summed E-state index contributed by atoms with van der Waals surface area (Å²) in [5.74, 6) is -4.49. The number of benzene rings is 1. The first-order valence-electron chi connectivity index (χ1n) is 3.58. The summed E-state index contributed by atoms with van der Waals surface area (Å²) in [7, 11) is 0. The fraction of sp³-hybridized carbons (Fsp3) is 0.125. The number of phenolic OH excluding ortho intramolecular Hbond substituents is 4. The van der Waals surface area contributed by atoms with E-state index < -0.39 is 34.7 Å². The van der Waals surface area contributed by atoms with Crippen LogP contribution < -0.4 is 4.74 Å². The number of carbonyl (C=O) groups is 1. The van der Waals surface area contributed by atoms with Gasteiger partial charge in [0.25, 0.3) is 0 Å². The van der Waals surface area contributed by atoms with Gasteiger partial charge in [0.15, 0.2) is 11.5 Å². The summed E-state index contributed by atoms with van der Waals surface area (Å²) >= 11 is 0. The number of carbonyl (C=O) groups excluding carboxylic acids is 1. The topological polar surface area (TPSA) is 107 Å². The molecule has 0 saturated heterocycles. The lowest BCUT2D eigenvalue weighted by molar-refractivity contribution is -0.132. The van der Waals surface area contributed by atoms with Crippen LogP contribution in [-0.4, -0.2) is 26.4 Å². The van der Waals surface area contributed by atoms with Gasteiger partial charge in [-0.15, -0.1) is 0 Å². The molecule has 0 aliphatic carbocycles. The van der Waals surface area contributed by atoms with E-state index in [4.69, 9.17) is 20.4 Å². The minimum atomic E-state index is -0.810. The van der Waals surface area contributed by atoms with E-state index in [1.165, 1.54) is 0 Å². The Labute approximate surface area is 78.6 Å². The largest absolute Gasteiger partial charge is 0.504 e. The van der Waals surface area contributed by atoms with Crippen molar-refractivity contribution < 1.29 is 30.0 Å². The van der Waals surface area contributed by atoms with Crippen LogP contribution in [0.4, 0.5) is 0 Å². The molecule has 76 valence electrons. The lowest BCUT2D eigenvalue weighted by atomic mass is 10.2. The molecular weight excluding hydrogens is 192 g/mol. The molecule has 0 radical (unpaired) electrons. The van der Waals surface area contributed by atoms with Gasteiger partial charge in [-0.25, -0.2) is 0 Å². The van der Waals surface area contributed by atoms with Crippen LogP contribution in [0.3, 0.4) is 0 Å². The van der Waals surface area contributed by atoms with Crippen molar-refractivity contribution in [3.63, 3.8) is 0 Å². The fourth-order valence-corrected chi connectivity index (χ4v) is 0.851. The number of esters is 1. The van der Waals surface area contributed by atoms with Crippen LogP contribution >= 0.6 is 0 Å². The number of hydrogen-bond acceptors (Lipinski definition) is 6. The second-order valence-corrected chi connectivity index (χ2v) is 2.53. The van der Waals surface area contributed by atoms with Gasteiger partial charge in [0, 0.05) is 13.0 Å². The normalized spacial score (nSPS) is 9.79. The smallest absolute Gasteiger partial charge is 0.308 e. The predicted molar refractivity (Wildman–Crippen MR) is 44.4 cm³/mol. The van der Waals surface area contributed by atoms with Gasteiger partial charge in [0.2, 0.25) is 17.2 Å². The molecular formula is C8H8O6. The summed E-state index contributed by atoms with van der Waals surface area (Å²) in [5.41, 5.74) is 0. The molecule has 6 nitrogen and oxygen atoms in total. The number of phenols is 4. The Morgan fingerprint density at radius 2 is 1.57 bits per heavy atom. The lowest BCUT2D eigenvalue weighted by Gasteiger charge is -2.08. The van der Waals surface area contributed by atoms with Crippen molar-refractivity contribution in [2.24, 2.45) is 0 Å². The minimum Gasteiger partial charge on any atom is -0.504 e. The molecule has 4 N–H and O–H groups in total. The van der Waals surface area contributed by atoms with Crippen molar-refractivity contribution in [2.75, 3.05) is 0 Å². The summed E-state index contributed by atoms with van der Waals surface area (Å²) in [6.07, 6.45) is 0. The maximum absolute atomic E-state index is 10.5. The second kappa shape index (κ2) is 3.33. The fourth-order valence-electron chi connectivity index (χ4n) is 0.851. The molecule has 0 amide bonds. The Balaban J connectivity index is 3.31. The third-order valence-corrected chi connectivity index (χ3v) is 1.43. The van der Waals surface area contributed by atoms with Crippen LogP contribution in [0.2, 0.25) is 0 Å². The van der Waals surface area contributed by atoms with Crippen LogP contribution in [0.15, 0.2) is 6.07 Å². The van der Waals surface area contributed by atoms with E-state index in [1.54, 1.807) is 0 Å². The standard InChI is InChI=1S/C8H8O6/c1-3(9)14-8-6(12)4(10)2-5(11)7(8)13/h2,10-13H,1H3. The molecule has 0 spiro atoms. The molecule has 0 bridgehead atoms. The van der Waals surface area contributed by atoms with E-state index in [0.29, 0.717) is 0 Å². The van der Waals surface area contributed by atoms with Crippen molar-refractivity contribution in [3.8, 4) is 28.7 Å². The molecule has 1 aromatic carbocycles. The van der Waals surface area contributed by atoms with E-state index in [2.05, 4.69) is 4.74 Å². The van der Waals surface area contributed by atoms with Crippen LogP contribution in [-0.2, 0) is 4.79 Å². The summed E-state index contributed by atoms with van der Waals surface area (Å²) in [6.45, 7) is 1.04. The summed E-state index contributed by atoms with van der Waals surface area (Å²) in [6, 6.07) is 0.720. The zero-order valence-corrected chi connectivity index (χ0v) is 7.18. The van der Waals surface area contributed by atoms with E-state index >= 15 is 0 Å². The van der Waals surface area contributed by atoms with Gasteiger partial charge < -0.3 is 25.2 Å². The monoisotopic (exact) mass is 200 g/mol. The maximum Gasteiger partial charge on any atom is 0.308 e. The molecule has 1 rings (SSSR count). The molecule has 0 atom stereocenters. The molecule has 0 aliphatic rings. The Kier molecular flexibility index (Phi) is 2.37. The highest BCUT2D eigenvalue weighted by Crippen LogP contribution is 2.47. The van der Waals surface area contributed by atoms with E-state index in [9.17, 15) is 4.79 Å². The van der Waals surface area contributed by atoms with Crippen LogP contribution in [0.5, 0.6) is 28.7 Å². The first-order valence-corrected chi connectivity index (χ1v) is 3.58. The average Bonchev–Trinajstić information content (AvgIpc) is 2.09. The van der Waals surface area contributed by atoms with Gasteiger partial charge in [-0.2, -0.15) is 0 Å². The average molecular weight is 200 g/mol. The minimum absolute atomic E-state index is 0.671. The van der Waals surface area contributed by atoms with Crippen LogP contribution in [0, 0.1) is 0 Å². The highest BCUT2D eigenvalue weighted by Gasteiger charge is 2.19. The number of ether oxygens (including phenoxy) is 1. The number of hydrogen-bond donors (Lipinski definition) is 4. The van der Waals surface area contributed by atoms with Gasteiger partial charge in [0.05, 0.1) is 0 Å². The van der Waals surface area contributed by atoms with Gasteiger partial charge in [-0.05, 0) is 0 Å². The molecule has 14 heavy (non-hydrogen) atoms. The van der Waals surface area contributed by atoms with Crippen LogP contribution in [0.25, 0.3) is 0 Å². The molecule has 6 heteroatoms. The maximum atomic E-state index is 10.5. The SMILES string of the molecule is CC(=O)Oc1c(O)c(O)cc(O)c1O. The molecule has 1 aromatic rings. The van der Waals surface area contributed by atoms with Gasteiger partial charge in [-0.3, -0.25) is 4.79 Å². The summed E-state index contributed by atoms with van der Waals surface area (Å²) in [4.78, 5) is 10.5. The zero-order chi connectivity index (χ0) is 10.9. The highest BCUT2D eigenvalue weighted by atomic mass is 16.5. The molecule has 0 fully saturated rings. The van der Waals surface area contributed by atoms with E-state index in [-0.39, 0.29) is 0 Å². The molecule has 0 saturated carbocycles. The molecule has 0 heterocycles. The van der Waals surface area contributed by atoms with Crippen molar-refractivity contribution in [2.45, 2.75) is 6.92 Å². The Hall–Kier alpha value is -2.11. The first kappa shape index (κ1) is 9.97. The van der Waals surface area contributed by atoms with Gasteiger partial charge >= 0.3 is 5.97 Å². The van der Waals surface area contributed by atoms with Crippen LogP contribution in [0.1, 0.15) is 6.92 Å². The predicted octanol–water partition coefficient (Wildman–Crippen LogP) is 0.434. The number of rotatable bonds is 1. The van der Waals surface area contributed by atoms with Crippen molar-refractivity contribution in [1.82, 2.24) is 0 Å². The zero-order valence-electron chi connectivity index (χ0n) is 7.18. The van der Waals surface area contributed by atoms with E-state index in [1.807, 2.05) is 0 Å². The van der Waals surface area contributed by atoms with Crippen molar-refractivity contribution in [3.05, 3.63) is 6.07 Å². The third kappa shape index (κ3) is 1.63.